The number of hydrogen-bond donors (Lipinski definition) is 2. The predicted molar refractivity (Wildman–Crippen MR) is 102 cm³/mol. The maximum atomic E-state index is 13.9. The fraction of sp³-hybridized carbons (Fsp3) is 0.0526. The number of carbonyl (C=O) groups is 1. The third-order valence-electron chi connectivity index (χ3n) is 3.81. The number of anilines is 1. The summed E-state index contributed by atoms with van der Waals surface area (Å²) in [6, 6.07) is 13.6. The molecule has 0 bridgehead atoms. The number of thiazole rings is 1. The first-order valence-electron chi connectivity index (χ1n) is 8.11. The van der Waals surface area contributed by atoms with Crippen LogP contribution in [0.5, 0.6) is 0 Å². The Kier molecular flexibility index (Phi) is 4.47. The van der Waals surface area contributed by atoms with Crippen molar-refractivity contribution in [3.8, 4) is 22.0 Å². The molecular weight excluding hydrogens is 365 g/mol. The number of hydrogen-bond acceptors (Lipinski definition) is 5. The number of nitrogens with one attached hydrogen (secondary N) is 2. The van der Waals surface area contributed by atoms with Crippen LogP contribution < -0.4 is 5.32 Å². The molecule has 27 heavy (non-hydrogen) atoms. The number of aryl methyl sites for hydroxylation is 1. The number of H-pyrrole nitrogens is 1. The fourth-order valence-corrected chi connectivity index (χ4v) is 3.38. The molecule has 1 amide bonds. The first-order chi connectivity index (χ1) is 13.1. The zero-order valence-corrected chi connectivity index (χ0v) is 15.0. The van der Waals surface area contributed by atoms with Gasteiger partial charge in [0, 0.05) is 16.8 Å². The van der Waals surface area contributed by atoms with Crippen LogP contribution in [0.2, 0.25) is 0 Å². The molecule has 0 aliphatic rings. The van der Waals surface area contributed by atoms with Crippen molar-refractivity contribution in [2.75, 3.05) is 5.32 Å². The van der Waals surface area contributed by atoms with Crippen molar-refractivity contribution < 1.29 is 9.18 Å². The van der Waals surface area contributed by atoms with E-state index in [9.17, 15) is 9.18 Å². The Morgan fingerprint density at radius 1 is 1.19 bits per heavy atom. The van der Waals surface area contributed by atoms with Gasteiger partial charge < -0.3 is 5.32 Å². The van der Waals surface area contributed by atoms with Gasteiger partial charge in [0.25, 0.3) is 5.91 Å². The second kappa shape index (κ2) is 7.08. The second-order valence-electron chi connectivity index (χ2n) is 5.79. The molecule has 2 N–H and O–H groups in total. The average molecular weight is 379 g/mol. The molecule has 0 aliphatic heterocycles. The second-order valence-corrected chi connectivity index (χ2v) is 6.82. The largest absolute Gasteiger partial charge is 0.321 e. The topological polar surface area (TPSA) is 83.6 Å². The van der Waals surface area contributed by atoms with Crippen LogP contribution in [0.25, 0.3) is 22.0 Å². The lowest BCUT2D eigenvalue weighted by Gasteiger charge is -2.04. The van der Waals surface area contributed by atoms with Gasteiger partial charge in [0.15, 0.2) is 5.82 Å². The molecule has 2 aromatic carbocycles. The summed E-state index contributed by atoms with van der Waals surface area (Å²) in [6.07, 6.45) is 1.45. The number of nitrogens with zero attached hydrogens (tertiary/aromatic N) is 3. The summed E-state index contributed by atoms with van der Waals surface area (Å²) in [5, 5.41) is 10.2. The van der Waals surface area contributed by atoms with Gasteiger partial charge in [0.2, 0.25) is 0 Å². The molecule has 6 nitrogen and oxygen atoms in total. The van der Waals surface area contributed by atoms with E-state index in [-0.39, 0.29) is 11.7 Å². The van der Waals surface area contributed by atoms with E-state index in [1.54, 1.807) is 30.3 Å². The highest BCUT2D eigenvalue weighted by Crippen LogP contribution is 2.28. The molecule has 0 unspecified atom stereocenters. The van der Waals surface area contributed by atoms with Gasteiger partial charge in [-0.05, 0) is 31.2 Å². The van der Waals surface area contributed by atoms with Crippen LogP contribution in [-0.2, 0) is 0 Å². The zero-order chi connectivity index (χ0) is 18.8. The molecule has 0 atom stereocenters. The number of halogens is 1. The van der Waals surface area contributed by atoms with E-state index in [1.807, 2.05) is 19.1 Å². The van der Waals surface area contributed by atoms with Gasteiger partial charge in [0.05, 0.1) is 6.20 Å². The summed E-state index contributed by atoms with van der Waals surface area (Å²) >= 11 is 1.14. The molecule has 0 aliphatic carbocycles. The van der Waals surface area contributed by atoms with Gasteiger partial charge in [0.1, 0.15) is 21.5 Å². The Morgan fingerprint density at radius 2 is 2.04 bits per heavy atom. The van der Waals surface area contributed by atoms with Crippen molar-refractivity contribution in [2.45, 2.75) is 6.92 Å². The van der Waals surface area contributed by atoms with Crippen LogP contribution in [0.4, 0.5) is 10.1 Å². The number of amides is 1. The van der Waals surface area contributed by atoms with Crippen molar-refractivity contribution in [3.63, 3.8) is 0 Å². The molecule has 0 saturated carbocycles. The van der Waals surface area contributed by atoms with Crippen LogP contribution >= 0.6 is 11.3 Å². The molecule has 2 aromatic heterocycles. The third-order valence-corrected chi connectivity index (χ3v) is 4.84. The maximum Gasteiger partial charge on any atom is 0.267 e. The van der Waals surface area contributed by atoms with Gasteiger partial charge in [-0.25, -0.2) is 14.4 Å². The molecule has 0 spiro atoms. The minimum absolute atomic E-state index is 0.307. The molecule has 4 rings (SSSR count). The van der Waals surface area contributed by atoms with E-state index < -0.39 is 0 Å². The molecule has 134 valence electrons. The Labute approximate surface area is 158 Å². The molecule has 0 radical (unpaired) electrons. The Morgan fingerprint density at radius 3 is 2.81 bits per heavy atom. The van der Waals surface area contributed by atoms with Gasteiger partial charge in [-0.1, -0.05) is 24.3 Å². The summed E-state index contributed by atoms with van der Waals surface area (Å²) in [5.74, 6) is 0.597. The van der Waals surface area contributed by atoms with Crippen molar-refractivity contribution in [2.24, 2.45) is 0 Å². The standard InChI is InChI=1S/C19H14FN5OS/c1-11-22-17(25-24-11)12-5-4-6-13(9-12)23-18(26)16-10-21-19(27-16)14-7-2-3-8-15(14)20/h2-10H,1H3,(H,23,26)(H,22,24,25). The lowest BCUT2D eigenvalue weighted by Crippen LogP contribution is -2.10. The van der Waals surface area contributed by atoms with E-state index in [4.69, 9.17) is 0 Å². The molecular formula is C19H14FN5OS. The minimum Gasteiger partial charge on any atom is -0.321 e. The summed E-state index contributed by atoms with van der Waals surface area (Å²) < 4.78 is 13.9. The lowest BCUT2D eigenvalue weighted by molar-refractivity contribution is 0.103. The highest BCUT2D eigenvalue weighted by Gasteiger charge is 2.14. The van der Waals surface area contributed by atoms with E-state index in [0.717, 1.165) is 16.9 Å². The Hall–Kier alpha value is -3.39. The number of rotatable bonds is 4. The van der Waals surface area contributed by atoms with Gasteiger partial charge in [-0.2, -0.15) is 5.10 Å². The van der Waals surface area contributed by atoms with Gasteiger partial charge in [-0.3, -0.25) is 9.89 Å². The number of benzene rings is 2. The normalized spacial score (nSPS) is 10.7. The van der Waals surface area contributed by atoms with E-state index >= 15 is 0 Å². The lowest BCUT2D eigenvalue weighted by atomic mass is 10.2. The summed E-state index contributed by atoms with van der Waals surface area (Å²) in [7, 11) is 0. The summed E-state index contributed by atoms with van der Waals surface area (Å²) in [6.45, 7) is 1.82. The van der Waals surface area contributed by atoms with Crippen LogP contribution in [-0.4, -0.2) is 26.1 Å². The fourth-order valence-electron chi connectivity index (χ4n) is 2.54. The van der Waals surface area contributed by atoms with E-state index in [1.165, 1.54) is 12.3 Å². The minimum atomic E-state index is -0.367. The molecule has 4 aromatic rings. The maximum absolute atomic E-state index is 13.9. The summed E-state index contributed by atoms with van der Waals surface area (Å²) in [5.41, 5.74) is 1.78. The highest BCUT2D eigenvalue weighted by atomic mass is 32.1. The Bertz CT molecular complexity index is 1120. The predicted octanol–water partition coefficient (Wildman–Crippen LogP) is 4.30. The zero-order valence-electron chi connectivity index (χ0n) is 14.2. The van der Waals surface area contributed by atoms with Crippen LogP contribution in [0.15, 0.2) is 54.7 Å². The van der Waals surface area contributed by atoms with Crippen LogP contribution in [0.3, 0.4) is 0 Å². The Balaban J connectivity index is 1.54. The number of aromatic nitrogens is 4. The van der Waals surface area contributed by atoms with Crippen LogP contribution in [0, 0.1) is 12.7 Å². The molecule has 2 heterocycles. The number of aromatic amines is 1. The summed E-state index contributed by atoms with van der Waals surface area (Å²) in [4.78, 5) is 21.4. The number of carbonyl (C=O) groups excluding carboxylic acids is 1. The smallest absolute Gasteiger partial charge is 0.267 e. The first kappa shape index (κ1) is 17.0. The third kappa shape index (κ3) is 3.61. The monoisotopic (exact) mass is 379 g/mol. The molecule has 0 fully saturated rings. The van der Waals surface area contributed by atoms with E-state index in [2.05, 4.69) is 25.5 Å². The van der Waals surface area contributed by atoms with Crippen molar-refractivity contribution in [1.29, 1.82) is 0 Å². The average Bonchev–Trinajstić information content (AvgIpc) is 3.32. The quantitative estimate of drug-likeness (QED) is 0.554. The van der Waals surface area contributed by atoms with Crippen LogP contribution in [0.1, 0.15) is 15.5 Å². The van der Waals surface area contributed by atoms with Crippen molar-refractivity contribution in [1.82, 2.24) is 20.2 Å². The highest BCUT2D eigenvalue weighted by molar-refractivity contribution is 7.17. The SMILES string of the molecule is Cc1nc(-c2cccc(NC(=O)c3cnc(-c4ccccc4F)s3)c2)n[nH]1. The van der Waals surface area contributed by atoms with Gasteiger partial charge >= 0.3 is 0 Å². The van der Waals surface area contributed by atoms with Gasteiger partial charge in [-0.15, -0.1) is 11.3 Å². The first-order valence-corrected chi connectivity index (χ1v) is 8.93. The van der Waals surface area contributed by atoms with E-state index in [0.29, 0.717) is 32.8 Å². The molecule has 0 saturated heterocycles. The van der Waals surface area contributed by atoms with Crippen molar-refractivity contribution >= 4 is 22.9 Å². The molecule has 8 heteroatoms. The van der Waals surface area contributed by atoms with Crippen molar-refractivity contribution in [3.05, 3.63) is 71.2 Å².